The largest absolute Gasteiger partial charge is 0.508 e. The zero-order valence-electron chi connectivity index (χ0n) is 9.86. The summed E-state index contributed by atoms with van der Waals surface area (Å²) in [6.45, 7) is 0. The molecule has 0 radical (unpaired) electrons. The average molecular weight is 262 g/mol. The summed E-state index contributed by atoms with van der Waals surface area (Å²) in [6, 6.07) is 5.86. The Morgan fingerprint density at radius 1 is 1.11 bits per heavy atom. The minimum absolute atomic E-state index is 0.0508. The molecule has 0 aliphatic heterocycles. The lowest BCUT2D eigenvalue weighted by Crippen LogP contribution is -2.11. The molecule has 0 atom stereocenters. The fraction of sp³-hybridized carbons (Fsp3) is 0.0833. The van der Waals surface area contributed by atoms with E-state index in [1.54, 1.807) is 0 Å². The van der Waals surface area contributed by atoms with Gasteiger partial charge in [-0.15, -0.1) is 0 Å². The lowest BCUT2D eigenvalue weighted by atomic mass is 10.2. The zero-order valence-corrected chi connectivity index (χ0v) is 9.86. The van der Waals surface area contributed by atoms with Gasteiger partial charge in [-0.25, -0.2) is 14.6 Å². The summed E-state index contributed by atoms with van der Waals surface area (Å²) in [5.74, 6) is -2.51. The van der Waals surface area contributed by atoms with Gasteiger partial charge in [-0.3, -0.25) is 0 Å². The van der Waals surface area contributed by atoms with Crippen molar-refractivity contribution in [2.75, 3.05) is 0 Å². The van der Waals surface area contributed by atoms with Crippen LogP contribution in [0.2, 0.25) is 0 Å². The number of benzene rings is 1. The molecule has 0 spiro atoms. The van der Waals surface area contributed by atoms with Crippen molar-refractivity contribution in [1.29, 1.82) is 0 Å². The first-order valence-corrected chi connectivity index (χ1v) is 5.24. The summed E-state index contributed by atoms with van der Waals surface area (Å²) in [4.78, 5) is 25.9. The van der Waals surface area contributed by atoms with Crippen LogP contribution in [0.5, 0.6) is 5.75 Å². The van der Waals surface area contributed by atoms with Gasteiger partial charge in [0.15, 0.2) is 11.4 Å². The van der Waals surface area contributed by atoms with Crippen molar-refractivity contribution < 1.29 is 24.9 Å². The van der Waals surface area contributed by atoms with Gasteiger partial charge in [0.1, 0.15) is 11.6 Å². The number of hydrogen-bond acceptors (Lipinski definition) is 4. The Kier molecular flexibility index (Phi) is 2.95. The minimum atomic E-state index is -1.40. The van der Waals surface area contributed by atoms with E-state index >= 15 is 0 Å². The lowest BCUT2D eigenvalue weighted by Gasteiger charge is -2.03. The quantitative estimate of drug-likeness (QED) is 0.765. The Morgan fingerprint density at radius 2 is 1.68 bits per heavy atom. The highest BCUT2D eigenvalue weighted by atomic mass is 16.4. The summed E-state index contributed by atoms with van der Waals surface area (Å²) in [5, 5.41) is 27.2. The maximum Gasteiger partial charge on any atom is 0.357 e. The Morgan fingerprint density at radius 3 is 2.11 bits per heavy atom. The molecule has 7 heteroatoms. The van der Waals surface area contributed by atoms with Crippen molar-refractivity contribution in [1.82, 2.24) is 9.55 Å². The van der Waals surface area contributed by atoms with Crippen LogP contribution in [-0.4, -0.2) is 36.8 Å². The number of aromatic hydroxyl groups is 1. The Bertz CT molecular complexity index is 658. The van der Waals surface area contributed by atoms with E-state index in [1.807, 2.05) is 0 Å². The highest BCUT2D eigenvalue weighted by Gasteiger charge is 2.25. The zero-order chi connectivity index (χ0) is 14.2. The number of carbonyl (C=O) groups is 2. The molecule has 7 nitrogen and oxygen atoms in total. The number of phenolic OH excluding ortho intramolecular Hbond substituents is 1. The number of nitrogens with zero attached hydrogens (tertiary/aromatic N) is 2. The van der Waals surface area contributed by atoms with Crippen molar-refractivity contribution in [3.8, 4) is 17.1 Å². The molecular formula is C12H10N2O5. The maximum absolute atomic E-state index is 11.1. The van der Waals surface area contributed by atoms with E-state index in [9.17, 15) is 14.7 Å². The Hall–Kier alpha value is -2.83. The van der Waals surface area contributed by atoms with Crippen LogP contribution >= 0.6 is 0 Å². The molecule has 1 aromatic heterocycles. The van der Waals surface area contributed by atoms with E-state index in [-0.39, 0.29) is 11.6 Å². The summed E-state index contributed by atoms with van der Waals surface area (Å²) in [6.07, 6.45) is 0. The molecule has 1 aromatic carbocycles. The fourth-order valence-electron chi connectivity index (χ4n) is 1.76. The lowest BCUT2D eigenvalue weighted by molar-refractivity contribution is 0.0641. The molecule has 0 amide bonds. The number of carboxylic acid groups (broad SMARTS) is 2. The molecule has 0 unspecified atom stereocenters. The van der Waals surface area contributed by atoms with E-state index in [1.165, 1.54) is 35.9 Å². The minimum Gasteiger partial charge on any atom is -0.508 e. The van der Waals surface area contributed by atoms with Crippen LogP contribution in [0, 0.1) is 0 Å². The van der Waals surface area contributed by atoms with Crippen molar-refractivity contribution in [2.24, 2.45) is 7.05 Å². The van der Waals surface area contributed by atoms with Crippen molar-refractivity contribution in [3.05, 3.63) is 35.7 Å². The van der Waals surface area contributed by atoms with Crippen LogP contribution in [0.3, 0.4) is 0 Å². The number of hydrogen-bond donors (Lipinski definition) is 3. The highest BCUT2D eigenvalue weighted by Crippen LogP contribution is 2.23. The van der Waals surface area contributed by atoms with Gasteiger partial charge in [-0.1, -0.05) is 0 Å². The standard InChI is InChI=1S/C12H10N2O5/c1-14-9(12(18)19)8(11(16)17)13-10(14)6-2-4-7(15)5-3-6/h2-5,15H,1H3,(H,16,17)(H,18,19). The predicted octanol–water partition coefficient (Wildman–Crippen LogP) is 1.19. The number of aromatic carboxylic acids is 2. The summed E-state index contributed by atoms with van der Waals surface area (Å²) >= 11 is 0. The van der Waals surface area contributed by atoms with E-state index in [4.69, 9.17) is 10.2 Å². The number of carboxylic acids is 2. The van der Waals surface area contributed by atoms with Crippen LogP contribution in [0.4, 0.5) is 0 Å². The van der Waals surface area contributed by atoms with Crippen molar-refractivity contribution >= 4 is 11.9 Å². The second-order valence-electron chi connectivity index (χ2n) is 3.85. The fourth-order valence-corrected chi connectivity index (χ4v) is 1.76. The summed E-state index contributed by atoms with van der Waals surface area (Å²) in [7, 11) is 1.42. The van der Waals surface area contributed by atoms with Gasteiger partial charge in [0.25, 0.3) is 0 Å². The second-order valence-corrected chi connectivity index (χ2v) is 3.85. The van der Waals surface area contributed by atoms with Gasteiger partial charge in [0.05, 0.1) is 0 Å². The first kappa shape index (κ1) is 12.6. The van der Waals surface area contributed by atoms with Crippen LogP contribution in [0.1, 0.15) is 21.0 Å². The molecule has 0 fully saturated rings. The van der Waals surface area contributed by atoms with Gasteiger partial charge in [0, 0.05) is 12.6 Å². The van der Waals surface area contributed by atoms with Gasteiger partial charge in [-0.05, 0) is 24.3 Å². The molecular weight excluding hydrogens is 252 g/mol. The smallest absolute Gasteiger partial charge is 0.357 e. The first-order chi connectivity index (χ1) is 8.91. The number of imidazole rings is 1. The van der Waals surface area contributed by atoms with E-state index < -0.39 is 23.3 Å². The van der Waals surface area contributed by atoms with Gasteiger partial charge >= 0.3 is 11.9 Å². The van der Waals surface area contributed by atoms with E-state index in [2.05, 4.69) is 4.98 Å². The third-order valence-corrected chi connectivity index (χ3v) is 2.63. The Labute approximate surface area is 107 Å². The number of aromatic nitrogens is 2. The number of rotatable bonds is 3. The second kappa shape index (κ2) is 4.45. The molecule has 19 heavy (non-hydrogen) atoms. The topological polar surface area (TPSA) is 113 Å². The molecule has 3 N–H and O–H groups in total. The molecule has 98 valence electrons. The molecule has 0 saturated carbocycles. The van der Waals surface area contributed by atoms with Crippen molar-refractivity contribution in [2.45, 2.75) is 0 Å². The normalized spacial score (nSPS) is 10.4. The van der Waals surface area contributed by atoms with Crippen LogP contribution in [0.25, 0.3) is 11.4 Å². The highest BCUT2D eigenvalue weighted by molar-refractivity contribution is 6.00. The monoisotopic (exact) mass is 262 g/mol. The molecule has 2 rings (SSSR count). The molecule has 0 aliphatic carbocycles. The third kappa shape index (κ3) is 2.13. The summed E-state index contributed by atoms with van der Waals surface area (Å²) < 4.78 is 1.19. The van der Waals surface area contributed by atoms with E-state index in [0.29, 0.717) is 5.56 Å². The van der Waals surface area contributed by atoms with Crippen molar-refractivity contribution in [3.63, 3.8) is 0 Å². The Balaban J connectivity index is 2.65. The van der Waals surface area contributed by atoms with Gasteiger partial charge in [0.2, 0.25) is 0 Å². The van der Waals surface area contributed by atoms with E-state index in [0.717, 1.165) is 0 Å². The maximum atomic E-state index is 11.1. The van der Waals surface area contributed by atoms with Gasteiger partial charge in [-0.2, -0.15) is 0 Å². The first-order valence-electron chi connectivity index (χ1n) is 5.24. The van der Waals surface area contributed by atoms with Crippen LogP contribution < -0.4 is 0 Å². The summed E-state index contributed by atoms with van der Waals surface area (Å²) in [5.41, 5.74) is -0.399. The molecule has 0 aliphatic rings. The third-order valence-electron chi connectivity index (χ3n) is 2.63. The molecule has 0 bridgehead atoms. The van der Waals surface area contributed by atoms with Crippen LogP contribution in [0.15, 0.2) is 24.3 Å². The molecule has 0 saturated heterocycles. The van der Waals surface area contributed by atoms with Crippen LogP contribution in [-0.2, 0) is 7.05 Å². The van der Waals surface area contributed by atoms with Gasteiger partial charge < -0.3 is 19.9 Å². The predicted molar refractivity (Wildman–Crippen MR) is 64.2 cm³/mol. The molecule has 1 heterocycles. The average Bonchev–Trinajstić information content (AvgIpc) is 2.68. The molecule has 2 aromatic rings. The number of phenols is 1. The SMILES string of the molecule is Cn1c(-c2ccc(O)cc2)nc(C(=O)O)c1C(=O)O.